The van der Waals surface area contributed by atoms with Crippen LogP contribution in [0.3, 0.4) is 0 Å². The van der Waals surface area contributed by atoms with E-state index < -0.39 is 0 Å². The van der Waals surface area contributed by atoms with Crippen molar-refractivity contribution in [1.82, 2.24) is 19.5 Å². The summed E-state index contributed by atoms with van der Waals surface area (Å²) in [6, 6.07) is 18.0. The second-order valence-electron chi connectivity index (χ2n) is 7.33. The highest BCUT2D eigenvalue weighted by molar-refractivity contribution is 5.97. The van der Waals surface area contributed by atoms with E-state index in [2.05, 4.69) is 10.4 Å². The molecule has 0 aliphatic heterocycles. The van der Waals surface area contributed by atoms with Crippen LogP contribution in [0.4, 0.5) is 0 Å². The summed E-state index contributed by atoms with van der Waals surface area (Å²) in [4.78, 5) is 26.0. The maximum Gasteiger partial charge on any atom is 0.277 e. The van der Waals surface area contributed by atoms with Crippen LogP contribution in [0.5, 0.6) is 5.75 Å². The zero-order chi connectivity index (χ0) is 22.1. The van der Waals surface area contributed by atoms with Crippen molar-refractivity contribution >= 4 is 22.5 Å². The summed E-state index contributed by atoms with van der Waals surface area (Å²) in [6.45, 7) is 0.624. The molecule has 5 rings (SSSR count). The third kappa shape index (κ3) is 3.51. The number of nitrogens with zero attached hydrogens (tertiary/aromatic N) is 3. The average molecular weight is 428 g/mol. The van der Waals surface area contributed by atoms with Crippen molar-refractivity contribution in [3.8, 4) is 5.75 Å². The number of ether oxygens (including phenoxy) is 1. The van der Waals surface area contributed by atoms with Gasteiger partial charge < -0.3 is 19.0 Å². The van der Waals surface area contributed by atoms with Gasteiger partial charge in [-0.25, -0.2) is 4.52 Å². The van der Waals surface area contributed by atoms with E-state index in [1.807, 2.05) is 24.3 Å². The van der Waals surface area contributed by atoms with Crippen LogP contribution in [0.1, 0.15) is 21.7 Å². The topological polar surface area (TPSA) is 90.8 Å². The second-order valence-corrected chi connectivity index (χ2v) is 7.33. The van der Waals surface area contributed by atoms with Crippen molar-refractivity contribution in [2.75, 3.05) is 7.11 Å². The van der Waals surface area contributed by atoms with Gasteiger partial charge in [0.1, 0.15) is 17.0 Å². The van der Waals surface area contributed by atoms with Gasteiger partial charge in [0.15, 0.2) is 0 Å². The smallest absolute Gasteiger partial charge is 0.277 e. The minimum Gasteiger partial charge on any atom is -0.497 e. The third-order valence-electron chi connectivity index (χ3n) is 5.37. The molecule has 0 aliphatic carbocycles. The Morgan fingerprint density at radius 3 is 2.66 bits per heavy atom. The molecule has 0 atom stereocenters. The minimum absolute atomic E-state index is 0.182. The first-order chi connectivity index (χ1) is 15.6. The Balaban J connectivity index is 1.57. The Hall–Kier alpha value is -4.33. The van der Waals surface area contributed by atoms with E-state index in [9.17, 15) is 9.59 Å². The number of furan rings is 1. The Morgan fingerprint density at radius 1 is 1.06 bits per heavy atom. The van der Waals surface area contributed by atoms with Gasteiger partial charge in [-0.3, -0.25) is 9.59 Å². The molecule has 5 aromatic rings. The average Bonchev–Trinajstić information content (AvgIpc) is 3.53. The quantitative estimate of drug-likeness (QED) is 0.448. The fraction of sp³-hybridized carbons (Fsp3) is 0.125. The predicted molar refractivity (Wildman–Crippen MR) is 119 cm³/mol. The van der Waals surface area contributed by atoms with E-state index in [-0.39, 0.29) is 18.0 Å². The van der Waals surface area contributed by atoms with Crippen molar-refractivity contribution in [2.24, 2.45) is 0 Å². The fourth-order valence-electron chi connectivity index (χ4n) is 3.72. The monoisotopic (exact) mass is 428 g/mol. The first-order valence-electron chi connectivity index (χ1n) is 10.1. The van der Waals surface area contributed by atoms with Crippen LogP contribution in [-0.2, 0) is 13.1 Å². The van der Waals surface area contributed by atoms with Gasteiger partial charge in [-0.15, -0.1) is 0 Å². The first kappa shape index (κ1) is 19.6. The van der Waals surface area contributed by atoms with Crippen molar-refractivity contribution in [1.29, 1.82) is 0 Å². The van der Waals surface area contributed by atoms with Gasteiger partial charge >= 0.3 is 0 Å². The summed E-state index contributed by atoms with van der Waals surface area (Å²) in [5.74, 6) is 1.15. The van der Waals surface area contributed by atoms with E-state index in [1.165, 1.54) is 0 Å². The predicted octanol–water partition coefficient (Wildman–Crippen LogP) is 3.23. The normalized spacial score (nSPS) is 11.2. The van der Waals surface area contributed by atoms with Crippen LogP contribution < -0.4 is 15.6 Å². The number of aromatic nitrogens is 3. The van der Waals surface area contributed by atoms with Crippen LogP contribution in [0, 0.1) is 0 Å². The van der Waals surface area contributed by atoms with Crippen LogP contribution in [0.2, 0.25) is 0 Å². The lowest BCUT2D eigenvalue weighted by Crippen LogP contribution is -2.25. The summed E-state index contributed by atoms with van der Waals surface area (Å²) < 4.78 is 13.8. The Morgan fingerprint density at radius 2 is 1.91 bits per heavy atom. The highest BCUT2D eigenvalue weighted by atomic mass is 16.5. The Labute approximate surface area is 182 Å². The largest absolute Gasteiger partial charge is 0.497 e. The molecule has 0 bridgehead atoms. The molecule has 0 radical (unpaired) electrons. The summed E-state index contributed by atoms with van der Waals surface area (Å²) in [5.41, 5.74) is 3.03. The molecule has 0 unspecified atom stereocenters. The van der Waals surface area contributed by atoms with Gasteiger partial charge in [-0.1, -0.05) is 12.1 Å². The van der Waals surface area contributed by atoms with Crippen molar-refractivity contribution < 1.29 is 13.9 Å². The van der Waals surface area contributed by atoms with E-state index in [1.54, 1.807) is 65.1 Å². The molecule has 3 aromatic heterocycles. The van der Waals surface area contributed by atoms with Crippen LogP contribution in [0.15, 0.2) is 82.3 Å². The second kappa shape index (κ2) is 8.07. The molecular weight excluding hydrogens is 408 g/mol. The molecular formula is C24H20N4O4. The maximum absolute atomic E-state index is 13.3. The van der Waals surface area contributed by atoms with Gasteiger partial charge in [0.25, 0.3) is 11.5 Å². The molecule has 32 heavy (non-hydrogen) atoms. The Kier molecular flexibility index (Phi) is 4.95. The molecule has 1 amide bonds. The van der Waals surface area contributed by atoms with Crippen LogP contribution in [0.25, 0.3) is 16.6 Å². The zero-order valence-corrected chi connectivity index (χ0v) is 17.3. The summed E-state index contributed by atoms with van der Waals surface area (Å²) in [7, 11) is 1.61. The van der Waals surface area contributed by atoms with Crippen molar-refractivity contribution in [2.45, 2.75) is 13.1 Å². The minimum atomic E-state index is -0.257. The van der Waals surface area contributed by atoms with Gasteiger partial charge in [-0.2, -0.15) is 5.10 Å². The number of benzene rings is 2. The molecule has 0 fully saturated rings. The molecule has 160 valence electrons. The van der Waals surface area contributed by atoms with Crippen molar-refractivity contribution in [3.05, 3.63) is 100 Å². The zero-order valence-electron chi connectivity index (χ0n) is 17.3. The number of hydrogen-bond donors (Lipinski definition) is 1. The number of methoxy groups -OCH3 is 1. The fourth-order valence-corrected chi connectivity index (χ4v) is 3.72. The van der Waals surface area contributed by atoms with E-state index in [4.69, 9.17) is 9.15 Å². The van der Waals surface area contributed by atoms with Gasteiger partial charge in [-0.05, 0) is 54.1 Å². The maximum atomic E-state index is 13.3. The number of nitrogens with one attached hydrogen (secondary N) is 1. The summed E-state index contributed by atoms with van der Waals surface area (Å²) in [5, 5.41) is 7.14. The lowest BCUT2D eigenvalue weighted by Gasteiger charge is -2.14. The number of amides is 1. The molecule has 3 heterocycles. The summed E-state index contributed by atoms with van der Waals surface area (Å²) in [6.07, 6.45) is 3.16. The van der Waals surface area contributed by atoms with E-state index in [0.717, 1.165) is 16.8 Å². The van der Waals surface area contributed by atoms with Gasteiger partial charge in [0.05, 0.1) is 43.7 Å². The number of fused-ring (bicyclic) bond motifs is 3. The molecule has 0 saturated carbocycles. The molecule has 8 nitrogen and oxygen atoms in total. The standard InChI is InChI=1S/C24H20N4O4/c1-31-18-7-4-16(5-8-18)15-27-22-13-17(23(29)25-14-19-3-2-12-32-19)6-9-20(22)28-21(24(27)30)10-11-26-28/h2-13H,14-15H2,1H3,(H,25,29). The molecule has 0 aliphatic rings. The molecule has 1 N–H and O–H groups in total. The van der Waals surface area contributed by atoms with Gasteiger partial charge in [0.2, 0.25) is 0 Å². The molecule has 0 saturated heterocycles. The van der Waals surface area contributed by atoms with Crippen LogP contribution >= 0.6 is 0 Å². The number of carbonyl (C=O) groups excluding carboxylic acids is 1. The molecule has 8 heteroatoms. The number of carbonyl (C=O) groups is 1. The lowest BCUT2D eigenvalue weighted by molar-refractivity contribution is 0.0948. The van der Waals surface area contributed by atoms with Gasteiger partial charge in [0, 0.05) is 5.56 Å². The van der Waals surface area contributed by atoms with E-state index >= 15 is 0 Å². The first-order valence-corrected chi connectivity index (χ1v) is 10.1. The summed E-state index contributed by atoms with van der Waals surface area (Å²) >= 11 is 0. The number of rotatable bonds is 6. The SMILES string of the molecule is COc1ccc(Cn2c(=O)c3ccnn3c3ccc(C(=O)NCc4ccco4)cc32)cc1. The highest BCUT2D eigenvalue weighted by Crippen LogP contribution is 2.19. The molecule has 2 aromatic carbocycles. The molecule has 0 spiro atoms. The number of hydrogen-bond acceptors (Lipinski definition) is 5. The van der Waals surface area contributed by atoms with Crippen molar-refractivity contribution in [3.63, 3.8) is 0 Å². The lowest BCUT2D eigenvalue weighted by atomic mass is 10.1. The van der Waals surface area contributed by atoms with Crippen LogP contribution in [-0.4, -0.2) is 27.2 Å². The van der Waals surface area contributed by atoms with E-state index in [0.29, 0.717) is 28.9 Å². The highest BCUT2D eigenvalue weighted by Gasteiger charge is 2.15. The Bertz CT molecular complexity index is 1460. The third-order valence-corrected chi connectivity index (χ3v) is 5.37.